The third-order valence-corrected chi connectivity index (χ3v) is 3.74. The Kier molecular flexibility index (Phi) is 3.25. The second kappa shape index (κ2) is 4.94. The Hall–Kier alpha value is -1.82. The summed E-state index contributed by atoms with van der Waals surface area (Å²) in [6.45, 7) is -0.108. The third-order valence-electron chi connectivity index (χ3n) is 3.10. The van der Waals surface area contributed by atoms with Crippen molar-refractivity contribution < 1.29 is 13.2 Å². The topological polar surface area (TPSA) is 17.8 Å². The highest BCUT2D eigenvalue weighted by Crippen LogP contribution is 2.27. The van der Waals surface area contributed by atoms with Crippen LogP contribution in [0.5, 0.6) is 0 Å². The van der Waals surface area contributed by atoms with E-state index in [1.54, 1.807) is 29.2 Å². The van der Waals surface area contributed by atoms with Gasteiger partial charge in [-0.25, -0.2) is 13.2 Å². The van der Waals surface area contributed by atoms with Crippen molar-refractivity contribution in [1.82, 2.24) is 9.55 Å². The number of pyridine rings is 1. The normalized spacial score (nSPS) is 11.2. The predicted octanol–water partition coefficient (Wildman–Crippen LogP) is 4.26. The molecule has 2 aromatic heterocycles. The molecule has 0 saturated carbocycles. The Labute approximate surface area is 121 Å². The number of hydrogen-bond donors (Lipinski definition) is 0. The van der Waals surface area contributed by atoms with Gasteiger partial charge in [0.1, 0.15) is 5.82 Å². The van der Waals surface area contributed by atoms with Gasteiger partial charge in [0.2, 0.25) is 0 Å². The van der Waals surface area contributed by atoms with Crippen molar-refractivity contribution in [3.8, 4) is 0 Å². The summed E-state index contributed by atoms with van der Waals surface area (Å²) in [4.78, 5) is 3.99. The standard InChI is InChI=1S/C14H8BrF3N2/c15-10-7-20(13-5-19-4-3-8(10)13)6-9-11(16)1-2-12(17)14(9)18/h1-5,7H,6H2. The van der Waals surface area contributed by atoms with Crippen LogP contribution < -0.4 is 0 Å². The summed E-state index contributed by atoms with van der Waals surface area (Å²) in [5.41, 5.74) is 0.403. The van der Waals surface area contributed by atoms with E-state index in [0.717, 1.165) is 22.0 Å². The van der Waals surface area contributed by atoms with Crippen molar-refractivity contribution in [1.29, 1.82) is 0 Å². The molecule has 102 valence electrons. The molecule has 0 aliphatic rings. The number of hydrogen-bond acceptors (Lipinski definition) is 1. The number of fused-ring (bicyclic) bond motifs is 1. The summed E-state index contributed by atoms with van der Waals surface area (Å²) in [6.07, 6.45) is 4.91. The van der Waals surface area contributed by atoms with Gasteiger partial charge in [-0.15, -0.1) is 0 Å². The second-order valence-electron chi connectivity index (χ2n) is 4.32. The lowest BCUT2D eigenvalue weighted by molar-refractivity contribution is 0.475. The van der Waals surface area contributed by atoms with Crippen LogP contribution in [-0.4, -0.2) is 9.55 Å². The van der Waals surface area contributed by atoms with Gasteiger partial charge in [0.25, 0.3) is 0 Å². The molecule has 0 aliphatic carbocycles. The van der Waals surface area contributed by atoms with E-state index in [-0.39, 0.29) is 12.1 Å². The molecule has 2 heterocycles. The molecule has 0 fully saturated rings. The molecule has 0 unspecified atom stereocenters. The minimum Gasteiger partial charge on any atom is -0.340 e. The van der Waals surface area contributed by atoms with Crippen molar-refractivity contribution in [2.45, 2.75) is 6.54 Å². The van der Waals surface area contributed by atoms with Crippen LogP contribution >= 0.6 is 15.9 Å². The van der Waals surface area contributed by atoms with Crippen molar-refractivity contribution in [2.75, 3.05) is 0 Å². The molecule has 0 atom stereocenters. The van der Waals surface area contributed by atoms with Crippen molar-refractivity contribution in [3.05, 3.63) is 64.3 Å². The van der Waals surface area contributed by atoms with Gasteiger partial charge in [0.15, 0.2) is 11.6 Å². The first-order valence-corrected chi connectivity index (χ1v) is 6.58. The van der Waals surface area contributed by atoms with Crippen molar-refractivity contribution in [2.24, 2.45) is 0 Å². The van der Waals surface area contributed by atoms with Crippen LogP contribution in [0.2, 0.25) is 0 Å². The van der Waals surface area contributed by atoms with E-state index in [1.807, 2.05) is 0 Å². The maximum Gasteiger partial charge on any atom is 0.166 e. The molecule has 3 rings (SSSR count). The summed E-state index contributed by atoms with van der Waals surface area (Å²) >= 11 is 3.37. The molecule has 0 spiro atoms. The lowest BCUT2D eigenvalue weighted by Gasteiger charge is -2.08. The van der Waals surface area contributed by atoms with Crippen LogP contribution in [-0.2, 0) is 6.54 Å². The zero-order chi connectivity index (χ0) is 14.3. The van der Waals surface area contributed by atoms with E-state index in [2.05, 4.69) is 20.9 Å². The zero-order valence-corrected chi connectivity index (χ0v) is 11.7. The highest BCUT2D eigenvalue weighted by molar-refractivity contribution is 9.10. The average molecular weight is 341 g/mol. The van der Waals surface area contributed by atoms with Gasteiger partial charge in [-0.1, -0.05) is 0 Å². The molecule has 0 radical (unpaired) electrons. The minimum absolute atomic E-state index is 0.108. The summed E-state index contributed by atoms with van der Waals surface area (Å²) in [7, 11) is 0. The van der Waals surface area contributed by atoms with E-state index in [9.17, 15) is 13.2 Å². The van der Waals surface area contributed by atoms with Crippen LogP contribution in [0.25, 0.3) is 10.9 Å². The molecule has 0 N–H and O–H groups in total. The Morgan fingerprint density at radius 2 is 1.85 bits per heavy atom. The molecule has 20 heavy (non-hydrogen) atoms. The molecule has 0 aliphatic heterocycles. The maximum atomic E-state index is 13.7. The predicted molar refractivity (Wildman–Crippen MR) is 72.9 cm³/mol. The number of benzene rings is 1. The largest absolute Gasteiger partial charge is 0.340 e. The molecule has 1 aromatic carbocycles. The summed E-state index contributed by atoms with van der Waals surface area (Å²) < 4.78 is 43.0. The maximum absolute atomic E-state index is 13.7. The fraction of sp³-hybridized carbons (Fsp3) is 0.0714. The Morgan fingerprint density at radius 3 is 2.65 bits per heavy atom. The van der Waals surface area contributed by atoms with Gasteiger partial charge in [-0.05, 0) is 34.1 Å². The molecule has 3 aromatic rings. The van der Waals surface area contributed by atoms with Gasteiger partial charge in [0.05, 0.1) is 18.3 Å². The zero-order valence-electron chi connectivity index (χ0n) is 10.1. The smallest absolute Gasteiger partial charge is 0.166 e. The first-order chi connectivity index (χ1) is 9.58. The SMILES string of the molecule is Fc1ccc(F)c(Cn2cc(Br)c3ccncc32)c1F. The van der Waals surface area contributed by atoms with Crippen LogP contribution in [0.1, 0.15) is 5.56 Å². The molecule has 0 bridgehead atoms. The van der Waals surface area contributed by atoms with Crippen LogP contribution in [0.15, 0.2) is 41.3 Å². The molecule has 0 amide bonds. The molecular formula is C14H8BrF3N2. The first-order valence-electron chi connectivity index (χ1n) is 5.78. The van der Waals surface area contributed by atoms with E-state index in [1.165, 1.54) is 0 Å². The van der Waals surface area contributed by atoms with E-state index in [4.69, 9.17) is 0 Å². The van der Waals surface area contributed by atoms with Crippen molar-refractivity contribution in [3.63, 3.8) is 0 Å². The van der Waals surface area contributed by atoms with Gasteiger partial charge >= 0.3 is 0 Å². The lowest BCUT2D eigenvalue weighted by Crippen LogP contribution is -2.05. The average Bonchev–Trinajstić information content (AvgIpc) is 2.77. The van der Waals surface area contributed by atoms with Crippen LogP contribution in [0, 0.1) is 17.5 Å². The van der Waals surface area contributed by atoms with Crippen molar-refractivity contribution >= 4 is 26.8 Å². The summed E-state index contributed by atoms with van der Waals surface area (Å²) in [5, 5.41) is 0.872. The summed E-state index contributed by atoms with van der Waals surface area (Å²) in [6, 6.07) is 3.49. The quantitative estimate of drug-likeness (QED) is 0.637. The fourth-order valence-corrected chi connectivity index (χ4v) is 2.69. The first kappa shape index (κ1) is 13.2. The number of aromatic nitrogens is 2. The highest BCUT2D eigenvalue weighted by atomic mass is 79.9. The van der Waals surface area contributed by atoms with E-state index in [0.29, 0.717) is 5.52 Å². The molecule has 0 saturated heterocycles. The molecule has 2 nitrogen and oxygen atoms in total. The van der Waals surface area contributed by atoms with Gasteiger partial charge in [-0.2, -0.15) is 0 Å². The van der Waals surface area contributed by atoms with Gasteiger partial charge < -0.3 is 4.57 Å². The molecular weight excluding hydrogens is 333 g/mol. The lowest BCUT2D eigenvalue weighted by atomic mass is 10.2. The van der Waals surface area contributed by atoms with Crippen LogP contribution in [0.4, 0.5) is 13.2 Å². The monoisotopic (exact) mass is 340 g/mol. The second-order valence-corrected chi connectivity index (χ2v) is 5.17. The van der Waals surface area contributed by atoms with E-state index >= 15 is 0 Å². The van der Waals surface area contributed by atoms with E-state index < -0.39 is 17.5 Å². The van der Waals surface area contributed by atoms with Gasteiger partial charge in [-0.3, -0.25) is 4.98 Å². The minimum atomic E-state index is -1.16. The fourth-order valence-electron chi connectivity index (χ4n) is 2.11. The number of rotatable bonds is 2. The third kappa shape index (κ3) is 2.10. The Morgan fingerprint density at radius 1 is 1.10 bits per heavy atom. The summed E-state index contributed by atoms with van der Waals surface area (Å²) in [5.74, 6) is -2.99. The number of halogens is 4. The van der Waals surface area contributed by atoms with Crippen LogP contribution in [0.3, 0.4) is 0 Å². The Bertz CT molecular complexity index is 798. The number of nitrogens with zero attached hydrogens (tertiary/aromatic N) is 2. The Balaban J connectivity index is 2.13. The highest BCUT2D eigenvalue weighted by Gasteiger charge is 2.16. The van der Waals surface area contributed by atoms with Gasteiger partial charge in [0, 0.05) is 27.8 Å². The molecule has 6 heteroatoms.